The summed E-state index contributed by atoms with van der Waals surface area (Å²) in [6, 6.07) is 0. The van der Waals surface area contributed by atoms with Gasteiger partial charge in [-0.2, -0.15) is 0 Å². The molecule has 0 aliphatic heterocycles. The monoisotopic (exact) mass is 137 g/mol. The minimum atomic E-state index is -1.31. The third kappa shape index (κ3) is 4.48. The van der Waals surface area contributed by atoms with Crippen LogP contribution < -0.4 is 0 Å². The lowest BCUT2D eigenvalue weighted by Crippen LogP contribution is -2.12. The summed E-state index contributed by atoms with van der Waals surface area (Å²) in [4.78, 5) is 25.5. The minimum Gasteiger partial charge on any atom is -0.385 e. The first-order chi connectivity index (χ1) is 4.16. The van der Waals surface area contributed by atoms with Crippen LogP contribution in [0.15, 0.2) is 0 Å². The molecule has 0 amide bonds. The van der Waals surface area contributed by atoms with E-state index < -0.39 is 17.7 Å². The standard InChI is InChI=1S/C2H3NO6/c4-1-2(5)8-9-3(6)7/h4H,1H2. The van der Waals surface area contributed by atoms with Gasteiger partial charge in [-0.15, -0.1) is 10.1 Å². The van der Waals surface area contributed by atoms with Crippen molar-refractivity contribution in [3.8, 4) is 0 Å². The molecule has 9 heavy (non-hydrogen) atoms. The summed E-state index contributed by atoms with van der Waals surface area (Å²) in [5.41, 5.74) is 0. The topological polar surface area (TPSA) is 98.9 Å². The Morgan fingerprint density at radius 1 is 1.78 bits per heavy atom. The van der Waals surface area contributed by atoms with Gasteiger partial charge in [-0.1, -0.05) is 4.99 Å². The molecular weight excluding hydrogens is 134 g/mol. The molecule has 0 aromatic rings. The zero-order valence-corrected chi connectivity index (χ0v) is 4.14. The van der Waals surface area contributed by atoms with E-state index in [0.29, 0.717) is 0 Å². The second kappa shape index (κ2) is 3.61. The second-order valence-corrected chi connectivity index (χ2v) is 0.912. The van der Waals surface area contributed by atoms with Gasteiger partial charge in [0.1, 0.15) is 6.61 Å². The van der Waals surface area contributed by atoms with Gasteiger partial charge in [-0.05, 0) is 0 Å². The summed E-state index contributed by atoms with van der Waals surface area (Å²) in [5.74, 6) is -1.22. The van der Waals surface area contributed by atoms with E-state index in [4.69, 9.17) is 5.11 Å². The molecule has 0 spiro atoms. The van der Waals surface area contributed by atoms with Gasteiger partial charge < -0.3 is 5.11 Å². The van der Waals surface area contributed by atoms with Crippen molar-refractivity contribution in [1.29, 1.82) is 0 Å². The highest BCUT2D eigenvalue weighted by Crippen LogP contribution is 1.78. The number of rotatable bonds is 3. The van der Waals surface area contributed by atoms with Crippen LogP contribution in [0.1, 0.15) is 0 Å². The van der Waals surface area contributed by atoms with Crippen LogP contribution in [0.3, 0.4) is 0 Å². The van der Waals surface area contributed by atoms with Crippen LogP contribution in [0.4, 0.5) is 0 Å². The number of aliphatic hydroxyl groups is 1. The molecule has 7 heteroatoms. The molecule has 7 nitrogen and oxygen atoms in total. The zero-order valence-electron chi connectivity index (χ0n) is 4.14. The largest absolute Gasteiger partial charge is 0.385 e. The van der Waals surface area contributed by atoms with E-state index in [0.717, 1.165) is 0 Å². The maximum atomic E-state index is 9.81. The lowest BCUT2D eigenvalue weighted by atomic mass is 10.8. The van der Waals surface area contributed by atoms with E-state index in [1.54, 1.807) is 0 Å². The number of carbonyl (C=O) groups excluding carboxylic acids is 1. The molecular formula is C2H3NO6. The summed E-state index contributed by atoms with van der Waals surface area (Å²) in [6.07, 6.45) is 0. The van der Waals surface area contributed by atoms with Crippen LogP contribution in [-0.2, 0) is 14.7 Å². The van der Waals surface area contributed by atoms with E-state index >= 15 is 0 Å². The van der Waals surface area contributed by atoms with Gasteiger partial charge in [0.2, 0.25) is 0 Å². The number of aliphatic hydroxyl groups excluding tert-OH is 1. The molecule has 0 aliphatic rings. The first-order valence-corrected chi connectivity index (χ1v) is 1.79. The number of nitrogens with zero attached hydrogens (tertiary/aromatic N) is 1. The molecule has 0 rings (SSSR count). The predicted molar refractivity (Wildman–Crippen MR) is 21.3 cm³/mol. The predicted octanol–water partition coefficient (Wildman–Crippen LogP) is -1.35. The van der Waals surface area contributed by atoms with Crippen LogP contribution >= 0.6 is 0 Å². The van der Waals surface area contributed by atoms with Crippen LogP contribution in [-0.4, -0.2) is 22.8 Å². The van der Waals surface area contributed by atoms with Crippen LogP contribution in [0, 0.1) is 10.1 Å². The van der Waals surface area contributed by atoms with E-state index in [1.165, 1.54) is 0 Å². The van der Waals surface area contributed by atoms with E-state index in [2.05, 4.69) is 9.88 Å². The van der Waals surface area contributed by atoms with Crippen molar-refractivity contribution in [2.75, 3.05) is 6.61 Å². The average molecular weight is 137 g/mol. The number of carbonyl (C=O) groups is 1. The Bertz CT molecular complexity index is 120. The van der Waals surface area contributed by atoms with Gasteiger partial charge in [0.25, 0.3) is 0 Å². The first kappa shape index (κ1) is 7.63. The lowest BCUT2D eigenvalue weighted by Gasteiger charge is -1.92. The molecule has 0 saturated carbocycles. The van der Waals surface area contributed by atoms with Crippen molar-refractivity contribution in [1.82, 2.24) is 0 Å². The molecule has 0 bridgehead atoms. The van der Waals surface area contributed by atoms with Gasteiger partial charge in [0, 0.05) is 0 Å². The SMILES string of the molecule is O=C(CO)OO[N+](=O)[O-]. The normalized spacial score (nSPS) is 8.11. The summed E-state index contributed by atoms with van der Waals surface area (Å²) in [6.45, 7) is -0.951. The van der Waals surface area contributed by atoms with Crippen LogP contribution in [0.25, 0.3) is 0 Å². The minimum absolute atomic E-state index is 0.951. The lowest BCUT2D eigenvalue weighted by molar-refractivity contribution is -0.839. The van der Waals surface area contributed by atoms with Crippen LogP contribution in [0.2, 0.25) is 0 Å². The fraction of sp³-hybridized carbons (Fsp3) is 0.500. The number of hydrogen-bond acceptors (Lipinski definition) is 6. The van der Waals surface area contributed by atoms with Crippen molar-refractivity contribution in [3.05, 3.63) is 10.1 Å². The Morgan fingerprint density at radius 2 is 2.33 bits per heavy atom. The fourth-order valence-corrected chi connectivity index (χ4v) is 0.0983. The molecule has 0 fully saturated rings. The summed E-state index contributed by atoms with van der Waals surface area (Å²) < 4.78 is 0. The Morgan fingerprint density at radius 3 is 2.67 bits per heavy atom. The quantitative estimate of drug-likeness (QED) is 0.293. The highest BCUT2D eigenvalue weighted by Gasteiger charge is 2.02. The molecule has 52 valence electrons. The molecule has 1 N–H and O–H groups in total. The van der Waals surface area contributed by atoms with Gasteiger partial charge in [0.05, 0.1) is 0 Å². The van der Waals surface area contributed by atoms with E-state index in [9.17, 15) is 14.9 Å². The highest BCUT2D eigenvalue weighted by atomic mass is 17.3. The van der Waals surface area contributed by atoms with Crippen LogP contribution in [0.5, 0.6) is 0 Å². The van der Waals surface area contributed by atoms with Crippen molar-refractivity contribution in [3.63, 3.8) is 0 Å². The Balaban J connectivity index is 3.28. The average Bonchev–Trinajstić information content (AvgIpc) is 1.83. The molecule has 0 heterocycles. The third-order valence-corrected chi connectivity index (χ3v) is 0.320. The van der Waals surface area contributed by atoms with Gasteiger partial charge in [-0.25, -0.2) is 4.79 Å². The Kier molecular flexibility index (Phi) is 3.06. The number of hydrogen-bond donors (Lipinski definition) is 1. The van der Waals surface area contributed by atoms with Crippen molar-refractivity contribution >= 4 is 5.97 Å². The molecule has 0 unspecified atom stereocenters. The van der Waals surface area contributed by atoms with Crippen molar-refractivity contribution in [2.24, 2.45) is 0 Å². The fourth-order valence-electron chi connectivity index (χ4n) is 0.0983. The summed E-state index contributed by atoms with van der Waals surface area (Å²) in [5, 5.41) is 15.8. The summed E-state index contributed by atoms with van der Waals surface area (Å²) >= 11 is 0. The maximum Gasteiger partial charge on any atom is 0.368 e. The smallest absolute Gasteiger partial charge is 0.368 e. The molecule has 0 radical (unpaired) electrons. The van der Waals surface area contributed by atoms with Gasteiger partial charge in [-0.3, -0.25) is 4.89 Å². The molecule has 0 aromatic heterocycles. The molecule has 0 aliphatic carbocycles. The van der Waals surface area contributed by atoms with Gasteiger partial charge >= 0.3 is 11.1 Å². The van der Waals surface area contributed by atoms with Crippen molar-refractivity contribution in [2.45, 2.75) is 0 Å². The van der Waals surface area contributed by atoms with E-state index in [1.807, 2.05) is 0 Å². The van der Waals surface area contributed by atoms with Crippen molar-refractivity contribution < 1.29 is 24.9 Å². The second-order valence-electron chi connectivity index (χ2n) is 0.912. The zero-order chi connectivity index (χ0) is 7.28. The van der Waals surface area contributed by atoms with E-state index in [-0.39, 0.29) is 0 Å². The third-order valence-electron chi connectivity index (χ3n) is 0.320. The highest BCUT2D eigenvalue weighted by molar-refractivity contribution is 5.69. The molecule has 0 aromatic carbocycles. The Labute approximate surface area is 48.8 Å². The first-order valence-electron chi connectivity index (χ1n) is 1.79. The molecule has 0 atom stereocenters. The maximum absolute atomic E-state index is 9.81. The summed E-state index contributed by atoms with van der Waals surface area (Å²) in [7, 11) is 0. The molecule has 0 saturated heterocycles. The van der Waals surface area contributed by atoms with Gasteiger partial charge in [0.15, 0.2) is 0 Å². The Hall–Kier alpha value is -1.37.